The van der Waals surface area contributed by atoms with E-state index in [4.69, 9.17) is 23.2 Å². The summed E-state index contributed by atoms with van der Waals surface area (Å²) in [4.78, 5) is 0. The van der Waals surface area contributed by atoms with Gasteiger partial charge in [-0.3, -0.25) is 0 Å². The summed E-state index contributed by atoms with van der Waals surface area (Å²) in [7, 11) is -3.23. The van der Waals surface area contributed by atoms with Crippen LogP contribution in [0.4, 0.5) is 0 Å². The number of hydrogen-bond acceptors (Lipinski definition) is 2. The number of hydrogen-bond donors (Lipinski definition) is 1. The molecule has 0 aliphatic heterocycles. The zero-order valence-corrected chi connectivity index (χ0v) is 17.7. The fourth-order valence-corrected chi connectivity index (χ4v) is 6.81. The molecule has 144 valence electrons. The van der Waals surface area contributed by atoms with Crippen molar-refractivity contribution in [3.8, 4) is 16.9 Å². The fraction of sp³-hybridized carbons (Fsp3) is 0. The Bertz CT molecular complexity index is 1160. The summed E-state index contributed by atoms with van der Waals surface area (Å²) in [6.45, 7) is 0. The van der Waals surface area contributed by atoms with Crippen LogP contribution < -0.4 is 15.9 Å². The molecular weight excluding hydrogens is 422 g/mol. The molecule has 0 amide bonds. The van der Waals surface area contributed by atoms with Crippen molar-refractivity contribution in [2.45, 2.75) is 0 Å². The summed E-state index contributed by atoms with van der Waals surface area (Å²) in [5.74, 6) is -0.0869. The molecule has 0 saturated heterocycles. The summed E-state index contributed by atoms with van der Waals surface area (Å²) in [5, 5.41) is 13.2. The van der Waals surface area contributed by atoms with Gasteiger partial charge in [0.25, 0.3) is 0 Å². The highest BCUT2D eigenvalue weighted by atomic mass is 35.5. The topological polar surface area (TPSA) is 37.3 Å². The second-order valence-electron chi connectivity index (χ2n) is 6.58. The Morgan fingerprint density at radius 3 is 1.76 bits per heavy atom. The van der Waals surface area contributed by atoms with Gasteiger partial charge in [0.1, 0.15) is 5.75 Å². The first-order chi connectivity index (χ1) is 14.0. The number of rotatable bonds is 4. The molecule has 29 heavy (non-hydrogen) atoms. The highest BCUT2D eigenvalue weighted by Crippen LogP contribution is 2.47. The Morgan fingerprint density at radius 1 is 0.655 bits per heavy atom. The van der Waals surface area contributed by atoms with Crippen molar-refractivity contribution in [3.63, 3.8) is 0 Å². The molecule has 0 radical (unpaired) electrons. The minimum atomic E-state index is -3.23. The molecule has 5 heteroatoms. The predicted octanol–water partition coefficient (Wildman–Crippen LogP) is 6.01. The molecule has 0 fully saturated rings. The quantitative estimate of drug-likeness (QED) is 0.396. The molecule has 0 spiro atoms. The van der Waals surface area contributed by atoms with Crippen LogP contribution in [0.15, 0.2) is 97.1 Å². The highest BCUT2D eigenvalue weighted by molar-refractivity contribution is 7.85. The molecule has 4 aromatic rings. The second-order valence-corrected chi connectivity index (χ2v) is 10.2. The zero-order valence-electron chi connectivity index (χ0n) is 15.3. The second kappa shape index (κ2) is 8.08. The van der Waals surface area contributed by atoms with Crippen LogP contribution >= 0.6 is 30.3 Å². The Labute approximate surface area is 179 Å². The van der Waals surface area contributed by atoms with Gasteiger partial charge in [-0.15, -0.1) is 0 Å². The van der Waals surface area contributed by atoms with Crippen molar-refractivity contribution in [2.24, 2.45) is 0 Å². The number of phenols is 1. The molecule has 2 nitrogen and oxygen atoms in total. The molecule has 0 saturated carbocycles. The summed E-state index contributed by atoms with van der Waals surface area (Å²) < 4.78 is 14.7. The van der Waals surface area contributed by atoms with E-state index in [1.54, 1.807) is 6.07 Å². The van der Waals surface area contributed by atoms with Crippen LogP contribution in [0.5, 0.6) is 5.75 Å². The van der Waals surface area contributed by atoms with Crippen molar-refractivity contribution in [1.82, 2.24) is 0 Å². The molecule has 0 atom stereocenters. The fourth-order valence-electron chi connectivity index (χ4n) is 3.45. The summed E-state index contributed by atoms with van der Waals surface area (Å²) in [5.41, 5.74) is 1.08. The molecule has 0 bridgehead atoms. The molecule has 1 N–H and O–H groups in total. The summed E-state index contributed by atoms with van der Waals surface area (Å²) in [6.07, 6.45) is 0. The van der Waals surface area contributed by atoms with E-state index in [-0.39, 0.29) is 10.8 Å². The third-order valence-electron chi connectivity index (χ3n) is 4.80. The minimum absolute atomic E-state index is 0.0869. The lowest BCUT2D eigenvalue weighted by Crippen LogP contribution is -2.26. The minimum Gasteiger partial charge on any atom is -0.506 e. The third-order valence-corrected chi connectivity index (χ3v) is 8.43. The lowest BCUT2D eigenvalue weighted by Gasteiger charge is -2.23. The van der Waals surface area contributed by atoms with E-state index < -0.39 is 7.14 Å². The van der Waals surface area contributed by atoms with E-state index >= 15 is 0 Å². The summed E-state index contributed by atoms with van der Waals surface area (Å²) in [6, 6.07) is 29.3. The van der Waals surface area contributed by atoms with Gasteiger partial charge in [-0.05, 0) is 17.7 Å². The average molecular weight is 439 g/mol. The van der Waals surface area contributed by atoms with Crippen LogP contribution in [0.2, 0.25) is 10.0 Å². The molecule has 0 unspecified atom stereocenters. The Morgan fingerprint density at radius 2 is 1.17 bits per heavy atom. The molecule has 0 aromatic heterocycles. The number of halogens is 2. The first-order valence-electron chi connectivity index (χ1n) is 9.01. The Hall–Kier alpha value is -2.51. The van der Waals surface area contributed by atoms with E-state index in [1.807, 2.05) is 84.9 Å². The molecule has 0 heterocycles. The number of phenolic OH excluding ortho intramolecular Hbond substituents is 1. The molecule has 4 aromatic carbocycles. The number of aromatic hydroxyl groups is 1. The van der Waals surface area contributed by atoms with Gasteiger partial charge in [-0.1, -0.05) is 108 Å². The third kappa shape index (κ3) is 3.60. The normalized spacial score (nSPS) is 11.4. The predicted molar refractivity (Wildman–Crippen MR) is 123 cm³/mol. The van der Waals surface area contributed by atoms with Crippen LogP contribution in [-0.2, 0) is 4.57 Å². The smallest absolute Gasteiger partial charge is 0.171 e. The maximum atomic E-state index is 14.7. The van der Waals surface area contributed by atoms with E-state index in [1.165, 1.54) is 6.07 Å². The van der Waals surface area contributed by atoms with Gasteiger partial charge in [-0.25, -0.2) is 0 Å². The lowest BCUT2D eigenvalue weighted by molar-refractivity contribution is 0.477. The van der Waals surface area contributed by atoms with E-state index in [2.05, 4.69) is 0 Å². The number of benzene rings is 4. The van der Waals surface area contributed by atoms with Gasteiger partial charge in [0, 0.05) is 26.5 Å². The Balaban J connectivity index is 2.07. The first kappa shape index (κ1) is 19.8. The van der Waals surface area contributed by atoms with Crippen LogP contribution in [0, 0.1) is 0 Å². The standard InChI is InChI=1S/C24H17Cl2O2P/c25-17-15-21(24(27)22(26)16-17)20-13-7-8-14-23(20)29(28,18-9-3-1-4-10-18)19-11-5-2-6-12-19/h1-16,27H. The Kier molecular flexibility index (Phi) is 5.52. The molecule has 0 aliphatic carbocycles. The lowest BCUT2D eigenvalue weighted by atomic mass is 10.0. The van der Waals surface area contributed by atoms with Crippen LogP contribution in [0.1, 0.15) is 0 Å². The molecular formula is C24H17Cl2O2P. The molecule has 4 rings (SSSR count). The van der Waals surface area contributed by atoms with Crippen molar-refractivity contribution < 1.29 is 9.67 Å². The zero-order chi connectivity index (χ0) is 20.4. The summed E-state index contributed by atoms with van der Waals surface area (Å²) >= 11 is 12.4. The van der Waals surface area contributed by atoms with E-state index in [9.17, 15) is 9.67 Å². The van der Waals surface area contributed by atoms with Gasteiger partial charge in [0.2, 0.25) is 0 Å². The average Bonchev–Trinajstić information content (AvgIpc) is 2.77. The van der Waals surface area contributed by atoms with Crippen LogP contribution in [0.25, 0.3) is 11.1 Å². The SMILES string of the molecule is O=P(c1ccccc1)(c1ccccc1)c1ccccc1-c1cc(Cl)cc(Cl)c1O. The van der Waals surface area contributed by atoms with Gasteiger partial charge in [0.05, 0.1) is 5.02 Å². The first-order valence-corrected chi connectivity index (χ1v) is 11.5. The van der Waals surface area contributed by atoms with Gasteiger partial charge in [-0.2, -0.15) is 0 Å². The van der Waals surface area contributed by atoms with Gasteiger partial charge in [0.15, 0.2) is 7.14 Å². The van der Waals surface area contributed by atoms with Gasteiger partial charge >= 0.3 is 0 Å². The van der Waals surface area contributed by atoms with Crippen LogP contribution in [-0.4, -0.2) is 5.11 Å². The van der Waals surface area contributed by atoms with E-state index in [0.717, 1.165) is 0 Å². The maximum Gasteiger partial charge on any atom is 0.171 e. The van der Waals surface area contributed by atoms with Crippen molar-refractivity contribution in [3.05, 3.63) is 107 Å². The maximum absolute atomic E-state index is 14.7. The van der Waals surface area contributed by atoms with E-state index in [0.29, 0.717) is 32.1 Å². The van der Waals surface area contributed by atoms with Crippen LogP contribution in [0.3, 0.4) is 0 Å². The monoisotopic (exact) mass is 438 g/mol. The van der Waals surface area contributed by atoms with Crippen molar-refractivity contribution >= 4 is 46.3 Å². The highest BCUT2D eigenvalue weighted by Gasteiger charge is 2.32. The molecule has 0 aliphatic rings. The van der Waals surface area contributed by atoms with Crippen molar-refractivity contribution in [1.29, 1.82) is 0 Å². The largest absolute Gasteiger partial charge is 0.506 e. The van der Waals surface area contributed by atoms with Gasteiger partial charge < -0.3 is 9.67 Å². The van der Waals surface area contributed by atoms with Crippen molar-refractivity contribution in [2.75, 3.05) is 0 Å².